The number of carbonyl (C=O) groups is 1. The lowest BCUT2D eigenvalue weighted by Crippen LogP contribution is -2.29. The van der Waals surface area contributed by atoms with Gasteiger partial charge in [0.15, 0.2) is 16.9 Å². The van der Waals surface area contributed by atoms with Gasteiger partial charge in [0.2, 0.25) is 9.84 Å². The molecule has 1 atom stereocenters. The average molecular weight is 511 g/mol. The molecule has 0 spiro atoms. The van der Waals surface area contributed by atoms with E-state index in [9.17, 15) is 28.4 Å². The van der Waals surface area contributed by atoms with Gasteiger partial charge in [-0.25, -0.2) is 8.42 Å². The predicted octanol–water partition coefficient (Wildman–Crippen LogP) is 4.21. The van der Waals surface area contributed by atoms with Crippen molar-refractivity contribution in [1.82, 2.24) is 0 Å². The summed E-state index contributed by atoms with van der Waals surface area (Å²) >= 11 is 0. The third-order valence-corrected chi connectivity index (χ3v) is 7.53. The predicted molar refractivity (Wildman–Crippen MR) is 132 cm³/mol. The highest BCUT2D eigenvalue weighted by Crippen LogP contribution is 2.44. The van der Waals surface area contributed by atoms with E-state index in [-0.39, 0.29) is 28.4 Å². The molecule has 1 N–H and O–H groups in total. The molecule has 11 heteroatoms. The minimum Gasteiger partial charge on any atom is -0.504 e. The third-order valence-electron chi connectivity index (χ3n) is 5.56. The van der Waals surface area contributed by atoms with Crippen molar-refractivity contribution in [3.05, 3.63) is 92.9 Å². The van der Waals surface area contributed by atoms with Crippen LogP contribution in [0.25, 0.3) is 6.08 Å². The Balaban J connectivity index is 1.90. The molecule has 0 aromatic heterocycles. The fraction of sp³-hybridized carbons (Fsp3) is 0.160. The molecule has 1 aliphatic heterocycles. The average Bonchev–Trinajstić information content (AvgIpc) is 3.06. The molecule has 0 aliphatic carbocycles. The standard InChI is InChI=1S/C25H22N2O8S/c1-3-35-20-10-8-18(9-11-20)26-24(29)23(14-16-7-12-21(28)22(13-16)34-2)36(32,33)25(26)17-5-4-6-19(15-17)27(30)31/h4-15,25,28H,3H2,1-2H3/b23-14+/t25-/m0/s1. The largest absolute Gasteiger partial charge is 0.504 e. The van der Waals surface area contributed by atoms with Gasteiger partial charge in [0.1, 0.15) is 10.7 Å². The van der Waals surface area contributed by atoms with Crippen LogP contribution in [0, 0.1) is 10.1 Å². The normalized spacial score (nSPS) is 17.8. The van der Waals surface area contributed by atoms with Crippen LogP contribution in [0.1, 0.15) is 23.4 Å². The first kappa shape index (κ1) is 24.7. The molecule has 1 aliphatic rings. The van der Waals surface area contributed by atoms with Crippen molar-refractivity contribution < 1.29 is 32.7 Å². The second-order valence-corrected chi connectivity index (χ2v) is 9.77. The van der Waals surface area contributed by atoms with Gasteiger partial charge in [0.05, 0.1) is 18.6 Å². The number of phenolic OH excluding ortho intramolecular Hbond substituents is 1. The highest BCUT2D eigenvalue weighted by molar-refractivity contribution is 7.97. The minimum absolute atomic E-state index is 0.0677. The van der Waals surface area contributed by atoms with E-state index in [2.05, 4.69) is 0 Å². The summed E-state index contributed by atoms with van der Waals surface area (Å²) in [5.41, 5.74) is 0.346. The highest BCUT2D eigenvalue weighted by Gasteiger charge is 2.50. The van der Waals surface area contributed by atoms with Gasteiger partial charge in [0.25, 0.3) is 11.6 Å². The van der Waals surface area contributed by atoms with Crippen molar-refractivity contribution in [2.45, 2.75) is 12.3 Å². The molecule has 4 rings (SSSR count). The highest BCUT2D eigenvalue weighted by atomic mass is 32.2. The summed E-state index contributed by atoms with van der Waals surface area (Å²) in [7, 11) is -3.00. The van der Waals surface area contributed by atoms with Crippen LogP contribution < -0.4 is 14.4 Å². The molecule has 0 bridgehead atoms. The molecular weight excluding hydrogens is 488 g/mol. The number of amides is 1. The quantitative estimate of drug-likeness (QED) is 0.284. The van der Waals surface area contributed by atoms with Crippen LogP contribution in [0.5, 0.6) is 17.2 Å². The number of hydrogen-bond donors (Lipinski definition) is 1. The van der Waals surface area contributed by atoms with E-state index in [4.69, 9.17) is 9.47 Å². The van der Waals surface area contributed by atoms with Gasteiger partial charge in [-0.15, -0.1) is 0 Å². The van der Waals surface area contributed by atoms with E-state index in [1.165, 1.54) is 49.6 Å². The lowest BCUT2D eigenvalue weighted by molar-refractivity contribution is -0.384. The van der Waals surface area contributed by atoms with Crippen LogP contribution in [-0.2, 0) is 14.6 Å². The molecule has 1 heterocycles. The van der Waals surface area contributed by atoms with Crippen molar-refractivity contribution >= 4 is 33.2 Å². The Morgan fingerprint density at radius 2 is 1.83 bits per heavy atom. The fourth-order valence-corrected chi connectivity index (χ4v) is 5.81. The lowest BCUT2D eigenvalue weighted by Gasteiger charge is -2.23. The van der Waals surface area contributed by atoms with Gasteiger partial charge in [-0.3, -0.25) is 19.8 Å². The summed E-state index contributed by atoms with van der Waals surface area (Å²) in [6.07, 6.45) is 1.19. The molecule has 10 nitrogen and oxygen atoms in total. The first-order valence-corrected chi connectivity index (χ1v) is 12.4. The van der Waals surface area contributed by atoms with Crippen LogP contribution in [0.15, 0.2) is 71.6 Å². The number of carbonyl (C=O) groups excluding carboxylic acids is 1. The number of anilines is 1. The Kier molecular flexibility index (Phi) is 6.67. The number of methoxy groups -OCH3 is 1. The number of sulfone groups is 1. The summed E-state index contributed by atoms with van der Waals surface area (Å²) in [6.45, 7) is 2.24. The Morgan fingerprint density at radius 1 is 1.11 bits per heavy atom. The zero-order chi connectivity index (χ0) is 26.0. The molecule has 1 amide bonds. The van der Waals surface area contributed by atoms with Crippen LogP contribution >= 0.6 is 0 Å². The SMILES string of the molecule is CCOc1ccc(N2C(=O)/C(=C\c3ccc(O)c(OC)c3)S(=O)(=O)[C@H]2c2cccc([N+](=O)[O-])c2)cc1. The van der Waals surface area contributed by atoms with Crippen LogP contribution in [0.3, 0.4) is 0 Å². The summed E-state index contributed by atoms with van der Waals surface area (Å²) in [4.78, 5) is 24.9. The van der Waals surface area contributed by atoms with Gasteiger partial charge in [-0.05, 0) is 60.5 Å². The molecule has 0 unspecified atom stereocenters. The van der Waals surface area contributed by atoms with Crippen molar-refractivity contribution in [3.63, 3.8) is 0 Å². The van der Waals surface area contributed by atoms with Gasteiger partial charge in [-0.2, -0.15) is 0 Å². The van der Waals surface area contributed by atoms with E-state index in [1.54, 1.807) is 24.3 Å². The van der Waals surface area contributed by atoms with Crippen LogP contribution in [0.2, 0.25) is 0 Å². The Labute approximate surface area is 207 Å². The van der Waals surface area contributed by atoms with Crippen molar-refractivity contribution in [3.8, 4) is 17.2 Å². The Bertz CT molecular complexity index is 1470. The van der Waals surface area contributed by atoms with Gasteiger partial charge in [0, 0.05) is 17.8 Å². The molecule has 3 aromatic carbocycles. The number of non-ortho nitro benzene ring substituents is 1. The van der Waals surface area contributed by atoms with Gasteiger partial charge in [-0.1, -0.05) is 18.2 Å². The number of benzene rings is 3. The lowest BCUT2D eigenvalue weighted by atomic mass is 10.1. The molecule has 186 valence electrons. The summed E-state index contributed by atoms with van der Waals surface area (Å²) < 4.78 is 38.0. The van der Waals surface area contributed by atoms with Gasteiger partial charge < -0.3 is 14.6 Å². The Hall–Kier alpha value is -4.38. The smallest absolute Gasteiger partial charge is 0.271 e. The first-order valence-electron chi connectivity index (χ1n) is 10.8. The van der Waals surface area contributed by atoms with Crippen molar-refractivity contribution in [2.75, 3.05) is 18.6 Å². The number of ether oxygens (including phenoxy) is 2. The molecule has 36 heavy (non-hydrogen) atoms. The first-order chi connectivity index (χ1) is 17.2. The molecule has 1 fully saturated rings. The molecular formula is C25H22N2O8S. The summed E-state index contributed by atoms with van der Waals surface area (Å²) in [6, 6.07) is 15.7. The maximum Gasteiger partial charge on any atom is 0.271 e. The van der Waals surface area contributed by atoms with E-state index in [0.29, 0.717) is 17.9 Å². The van der Waals surface area contributed by atoms with E-state index in [0.717, 1.165) is 11.0 Å². The third kappa shape index (κ3) is 4.48. The maximum atomic E-state index is 13.8. The summed E-state index contributed by atoms with van der Waals surface area (Å²) in [5, 5.41) is 19.7. The molecule has 3 aromatic rings. The number of hydrogen-bond acceptors (Lipinski definition) is 8. The minimum atomic E-state index is -4.34. The Morgan fingerprint density at radius 3 is 2.47 bits per heavy atom. The number of phenols is 1. The second kappa shape index (κ2) is 9.70. The number of nitrogens with zero attached hydrogens (tertiary/aromatic N) is 2. The van der Waals surface area contributed by atoms with E-state index >= 15 is 0 Å². The number of rotatable bonds is 7. The number of nitro benzene ring substituents is 1. The number of nitro groups is 1. The molecule has 0 saturated carbocycles. The zero-order valence-electron chi connectivity index (χ0n) is 19.3. The van der Waals surface area contributed by atoms with Gasteiger partial charge >= 0.3 is 0 Å². The zero-order valence-corrected chi connectivity index (χ0v) is 20.1. The number of aromatic hydroxyl groups is 1. The topological polar surface area (TPSA) is 136 Å². The monoisotopic (exact) mass is 510 g/mol. The molecule has 1 saturated heterocycles. The second-order valence-electron chi connectivity index (χ2n) is 7.79. The summed E-state index contributed by atoms with van der Waals surface area (Å²) in [5.74, 6) is -0.311. The molecule has 0 radical (unpaired) electrons. The van der Waals surface area contributed by atoms with E-state index < -0.39 is 30.9 Å². The van der Waals surface area contributed by atoms with Crippen LogP contribution in [0.4, 0.5) is 11.4 Å². The van der Waals surface area contributed by atoms with Crippen LogP contribution in [-0.4, -0.2) is 38.1 Å². The fourth-order valence-electron chi connectivity index (χ4n) is 3.93. The van der Waals surface area contributed by atoms with Crippen molar-refractivity contribution in [1.29, 1.82) is 0 Å². The van der Waals surface area contributed by atoms with E-state index in [1.807, 2.05) is 6.92 Å². The maximum absolute atomic E-state index is 13.8. The van der Waals surface area contributed by atoms with Crippen molar-refractivity contribution in [2.24, 2.45) is 0 Å².